The minimum Gasteiger partial charge on any atom is -0.465 e. The summed E-state index contributed by atoms with van der Waals surface area (Å²) in [7, 11) is 3.47. The Bertz CT molecular complexity index is 2190. The topological polar surface area (TPSA) is 244 Å². The third kappa shape index (κ3) is 9.62. The molecule has 0 unspecified atom stereocenters. The van der Waals surface area contributed by atoms with E-state index in [2.05, 4.69) is 16.0 Å². The smallest absolute Gasteiger partial charge is 0.339 e. The number of ether oxygens (including phenoxy) is 3. The van der Waals surface area contributed by atoms with Crippen LogP contribution in [0.1, 0.15) is 115 Å². The van der Waals surface area contributed by atoms with Crippen LogP contribution in [0.4, 0.5) is 17.1 Å². The Labute approximate surface area is 367 Å². The second kappa shape index (κ2) is 19.7. The van der Waals surface area contributed by atoms with Gasteiger partial charge in [-0.05, 0) is 107 Å². The van der Waals surface area contributed by atoms with E-state index in [0.717, 1.165) is 21.3 Å². The summed E-state index contributed by atoms with van der Waals surface area (Å²) in [5.74, 6) is -5.99. The number of nitrogens with one attached hydrogen (secondary N) is 3. The number of methoxy groups -OCH3 is 3. The molecule has 7 rings (SSSR count). The number of carbonyl (C=O) groups is 10. The molecule has 4 heterocycles. The van der Waals surface area contributed by atoms with Crippen molar-refractivity contribution >= 4 is 76.2 Å². The summed E-state index contributed by atoms with van der Waals surface area (Å²) < 4.78 is 14.8. The van der Waals surface area contributed by atoms with Gasteiger partial charge in [-0.15, -0.1) is 0 Å². The van der Waals surface area contributed by atoms with Crippen LogP contribution in [0, 0.1) is 0 Å². The van der Waals surface area contributed by atoms with Gasteiger partial charge in [0.1, 0.15) is 23.9 Å². The van der Waals surface area contributed by atoms with Gasteiger partial charge in [-0.1, -0.05) is 0 Å². The number of esters is 3. The monoisotopic (exact) mass is 880 g/mol. The highest BCUT2D eigenvalue weighted by Crippen LogP contribution is 2.31. The lowest BCUT2D eigenvalue weighted by Crippen LogP contribution is -2.44. The number of benzene rings is 3. The first-order valence-corrected chi connectivity index (χ1v) is 20.6. The van der Waals surface area contributed by atoms with Gasteiger partial charge in [0, 0.05) is 36.3 Å². The molecule has 3 aromatic rings. The van der Waals surface area contributed by atoms with Gasteiger partial charge in [0.05, 0.1) is 55.1 Å². The molecule has 4 aliphatic heterocycles. The first kappa shape index (κ1) is 46.1. The molecule has 0 aliphatic carbocycles. The lowest BCUT2D eigenvalue weighted by atomic mass is 10.0. The molecule has 3 N–H and O–H groups in total. The molecule has 336 valence electrons. The number of hydrogen-bond acceptors (Lipinski definition) is 13. The molecule has 64 heavy (non-hydrogen) atoms. The van der Waals surface area contributed by atoms with Crippen molar-refractivity contribution < 1.29 is 62.2 Å². The van der Waals surface area contributed by atoms with Crippen LogP contribution >= 0.6 is 0 Å². The highest BCUT2D eigenvalue weighted by atomic mass is 16.5. The molecule has 0 saturated carbocycles. The van der Waals surface area contributed by atoms with Crippen LogP contribution < -0.4 is 16.0 Å². The number of amides is 6. The molecule has 6 bridgehead atoms. The number of anilines is 3. The third-order valence-corrected chi connectivity index (χ3v) is 11.2. The van der Waals surface area contributed by atoms with Crippen molar-refractivity contribution in [3.63, 3.8) is 0 Å². The van der Waals surface area contributed by atoms with Crippen LogP contribution in [0.25, 0.3) is 0 Å². The van der Waals surface area contributed by atoms with E-state index in [0.29, 0.717) is 19.3 Å². The lowest BCUT2D eigenvalue weighted by Gasteiger charge is -2.27. The normalized spacial score (nSPS) is 20.0. The summed E-state index contributed by atoms with van der Waals surface area (Å²) in [6, 6.07) is 8.89. The molecule has 3 saturated heterocycles. The Morgan fingerprint density at radius 1 is 0.469 bits per heavy atom. The van der Waals surface area contributed by atoms with E-state index in [1.165, 1.54) is 83.1 Å². The number of nitrogens with zero attached hydrogens (tertiary/aromatic N) is 3. The van der Waals surface area contributed by atoms with Crippen molar-refractivity contribution in [2.45, 2.75) is 70.5 Å². The Balaban J connectivity index is 0.00000163. The number of hydrogen-bond donors (Lipinski definition) is 3. The van der Waals surface area contributed by atoms with Crippen LogP contribution in [0.3, 0.4) is 0 Å². The van der Waals surface area contributed by atoms with E-state index in [-0.39, 0.29) is 95.1 Å². The van der Waals surface area contributed by atoms with Gasteiger partial charge in [-0.3, -0.25) is 28.8 Å². The molecule has 3 aromatic carbocycles. The van der Waals surface area contributed by atoms with Gasteiger partial charge in [-0.2, -0.15) is 0 Å². The van der Waals surface area contributed by atoms with Crippen molar-refractivity contribution in [1.29, 1.82) is 0 Å². The predicted molar refractivity (Wildman–Crippen MR) is 228 cm³/mol. The first-order valence-electron chi connectivity index (χ1n) is 20.6. The van der Waals surface area contributed by atoms with Gasteiger partial charge < -0.3 is 49.7 Å². The van der Waals surface area contributed by atoms with E-state index in [1.54, 1.807) is 0 Å². The first-order chi connectivity index (χ1) is 30.6. The molecule has 19 nitrogen and oxygen atoms in total. The minimum absolute atomic E-state index is 0.0368. The van der Waals surface area contributed by atoms with Crippen molar-refractivity contribution in [3.05, 3.63) is 88.0 Å². The molecule has 0 spiro atoms. The standard InChI is InChI=1S/C42H42N6O12.C3H6O/c1-58-40(55)25-13-10-22-19-28(25)43-34(49)31-7-4-16-46(31)38(53)23-11-14-26(41(56)59-2)29(20-23)45-36(51)33-9-6-18-48(33)39(54)24-12-15-27(42(57)60-3)30(21-24)44-35(50)32-8-5-17-47(32)37(22)52;1-3(2)4/h10-15,19-21,31-33H,4-9,16-18H2,1-3H3,(H,43,49)(H,44,50)(H,45,51);1-2H3/t31-,32-,33-;/m0./s1. The largest absolute Gasteiger partial charge is 0.465 e. The molecular weight excluding hydrogens is 833 g/mol. The van der Waals surface area contributed by atoms with Crippen molar-refractivity contribution in [2.24, 2.45) is 0 Å². The quantitative estimate of drug-likeness (QED) is 0.252. The summed E-state index contributed by atoms with van der Waals surface area (Å²) >= 11 is 0. The predicted octanol–water partition coefficient (Wildman–Crippen LogP) is 3.69. The van der Waals surface area contributed by atoms with Crippen molar-refractivity contribution in [1.82, 2.24) is 14.7 Å². The number of fused-ring (bicyclic) bond motifs is 9. The Morgan fingerprint density at radius 2 is 0.719 bits per heavy atom. The fraction of sp³-hybridized carbons (Fsp3) is 0.378. The summed E-state index contributed by atoms with van der Waals surface area (Å²) in [6.07, 6.45) is 2.10. The average molecular weight is 881 g/mol. The second-order valence-corrected chi connectivity index (χ2v) is 15.6. The SMILES string of the molecule is CC(C)=O.COC(=O)c1ccc2cc1NC(=O)[C@@H]1CCCN1C(=O)c1ccc(C(=O)OC)c(c1)NC(=O)[C@@H]1CCCN1C(=O)c1ccc(C(=O)OC)c(c1)NC(=O)[C@@H]1CCCN1C2=O. The summed E-state index contributed by atoms with van der Waals surface area (Å²) in [4.78, 5) is 136. The summed E-state index contributed by atoms with van der Waals surface area (Å²) in [6.45, 7) is 3.60. The van der Waals surface area contributed by atoms with E-state index in [4.69, 9.17) is 14.2 Å². The van der Waals surface area contributed by atoms with Crippen LogP contribution in [0.2, 0.25) is 0 Å². The second-order valence-electron chi connectivity index (χ2n) is 15.6. The zero-order chi connectivity index (χ0) is 46.4. The summed E-state index contributed by atoms with van der Waals surface area (Å²) in [5.41, 5.74) is -0.295. The maximum absolute atomic E-state index is 14.1. The van der Waals surface area contributed by atoms with Gasteiger partial charge in [0.15, 0.2) is 0 Å². The van der Waals surface area contributed by atoms with E-state index in [1.807, 2.05) is 0 Å². The minimum atomic E-state index is -1.03. The molecule has 19 heteroatoms. The van der Waals surface area contributed by atoms with Crippen molar-refractivity contribution in [2.75, 3.05) is 56.9 Å². The van der Waals surface area contributed by atoms with Gasteiger partial charge in [-0.25, -0.2) is 14.4 Å². The van der Waals surface area contributed by atoms with E-state index < -0.39 is 71.5 Å². The zero-order valence-corrected chi connectivity index (χ0v) is 35.9. The van der Waals surface area contributed by atoms with E-state index >= 15 is 0 Å². The van der Waals surface area contributed by atoms with Crippen LogP contribution in [-0.2, 0) is 33.4 Å². The third-order valence-electron chi connectivity index (χ3n) is 11.2. The fourth-order valence-corrected chi connectivity index (χ4v) is 8.20. The highest BCUT2D eigenvalue weighted by molar-refractivity contribution is 6.11. The maximum Gasteiger partial charge on any atom is 0.339 e. The molecule has 4 aliphatic rings. The van der Waals surface area contributed by atoms with Gasteiger partial charge in [0.25, 0.3) is 17.7 Å². The number of rotatable bonds is 3. The Hall–Kier alpha value is -7.44. The highest BCUT2D eigenvalue weighted by Gasteiger charge is 2.39. The molecular formula is C45H48N6O13. The van der Waals surface area contributed by atoms with Crippen LogP contribution in [0.15, 0.2) is 54.6 Å². The zero-order valence-electron chi connectivity index (χ0n) is 35.9. The Kier molecular flexibility index (Phi) is 14.2. The summed E-state index contributed by atoms with van der Waals surface area (Å²) in [5, 5.41) is 8.14. The Morgan fingerprint density at radius 3 is 0.953 bits per heavy atom. The molecule has 0 aromatic heterocycles. The van der Waals surface area contributed by atoms with E-state index in [9.17, 15) is 47.9 Å². The van der Waals surface area contributed by atoms with Gasteiger partial charge >= 0.3 is 17.9 Å². The number of Topliss-reactive ketones (excluding diaryl/α,β-unsaturated/α-hetero) is 1. The van der Waals surface area contributed by atoms with Crippen LogP contribution in [0.5, 0.6) is 0 Å². The van der Waals surface area contributed by atoms with Crippen LogP contribution in [-0.4, -0.2) is 133 Å². The average Bonchev–Trinajstić information content (AvgIpc) is 4.09. The lowest BCUT2D eigenvalue weighted by molar-refractivity contribution is -0.120. The molecule has 3 fully saturated rings. The maximum atomic E-state index is 14.1. The number of carbonyl (C=O) groups excluding carboxylic acids is 10. The molecule has 0 radical (unpaired) electrons. The fourth-order valence-electron chi connectivity index (χ4n) is 8.20. The van der Waals surface area contributed by atoms with Crippen molar-refractivity contribution in [3.8, 4) is 0 Å². The molecule has 6 amide bonds. The van der Waals surface area contributed by atoms with Gasteiger partial charge in [0.2, 0.25) is 17.7 Å². The molecule has 3 atom stereocenters. The number of ketones is 1.